The summed E-state index contributed by atoms with van der Waals surface area (Å²) >= 11 is 7.36. The van der Waals surface area contributed by atoms with Gasteiger partial charge in [-0.3, -0.25) is 9.20 Å². The lowest BCUT2D eigenvalue weighted by Crippen LogP contribution is -2.27. The Hall–Kier alpha value is -2.70. The maximum absolute atomic E-state index is 13.1. The second-order valence-electron chi connectivity index (χ2n) is 6.42. The van der Waals surface area contributed by atoms with Gasteiger partial charge in [-0.15, -0.1) is 11.3 Å². The van der Waals surface area contributed by atoms with E-state index in [-0.39, 0.29) is 18.1 Å². The number of halogens is 2. The van der Waals surface area contributed by atoms with Gasteiger partial charge in [-0.05, 0) is 48.4 Å². The molecule has 0 saturated heterocycles. The topological polar surface area (TPSA) is 46.4 Å². The van der Waals surface area contributed by atoms with Crippen LogP contribution >= 0.6 is 22.9 Å². The largest absolute Gasteiger partial charge is 0.355 e. The normalized spacial score (nSPS) is 11.1. The number of benzene rings is 2. The smallest absolute Gasteiger partial charge is 0.225 e. The van der Waals surface area contributed by atoms with Crippen LogP contribution in [0.2, 0.25) is 5.02 Å². The number of hydrogen-bond donors (Lipinski definition) is 1. The summed E-state index contributed by atoms with van der Waals surface area (Å²) in [5.41, 5.74) is 3.61. The fourth-order valence-electron chi connectivity index (χ4n) is 2.94. The molecule has 4 rings (SSSR count). The fraction of sp³-hybridized carbons (Fsp3) is 0.143. The first kappa shape index (κ1) is 18.7. The molecule has 0 saturated carbocycles. The molecular formula is C21H17ClFN3OS. The van der Waals surface area contributed by atoms with E-state index in [0.717, 1.165) is 33.9 Å². The van der Waals surface area contributed by atoms with Crippen LogP contribution in [-0.2, 0) is 17.6 Å². The number of nitrogens with zero attached hydrogens (tertiary/aromatic N) is 2. The molecule has 0 spiro atoms. The second-order valence-corrected chi connectivity index (χ2v) is 7.69. The van der Waals surface area contributed by atoms with Gasteiger partial charge in [0, 0.05) is 34.4 Å². The van der Waals surface area contributed by atoms with Gasteiger partial charge in [0.05, 0.1) is 12.1 Å². The maximum Gasteiger partial charge on any atom is 0.225 e. The molecule has 0 radical (unpaired) electrons. The number of imidazole rings is 1. The van der Waals surface area contributed by atoms with Crippen molar-refractivity contribution in [3.05, 3.63) is 82.2 Å². The third-order valence-corrected chi connectivity index (χ3v) is 5.55. The molecule has 2 aromatic carbocycles. The molecule has 4 aromatic rings. The van der Waals surface area contributed by atoms with Crippen molar-refractivity contribution in [2.24, 2.45) is 0 Å². The van der Waals surface area contributed by atoms with E-state index in [4.69, 9.17) is 11.6 Å². The van der Waals surface area contributed by atoms with Gasteiger partial charge in [0.2, 0.25) is 5.91 Å². The third kappa shape index (κ3) is 4.24. The predicted octanol–water partition coefficient (Wildman–Crippen LogP) is 4.76. The zero-order valence-electron chi connectivity index (χ0n) is 14.9. The van der Waals surface area contributed by atoms with Crippen molar-refractivity contribution in [2.75, 3.05) is 6.54 Å². The monoisotopic (exact) mass is 413 g/mol. The third-order valence-electron chi connectivity index (χ3n) is 4.41. The molecule has 1 amide bonds. The Morgan fingerprint density at radius 1 is 1.14 bits per heavy atom. The quantitative estimate of drug-likeness (QED) is 0.495. The molecule has 28 heavy (non-hydrogen) atoms. The van der Waals surface area contributed by atoms with Crippen LogP contribution < -0.4 is 5.32 Å². The molecule has 2 aromatic heterocycles. The number of fused-ring (bicyclic) bond motifs is 1. The molecule has 0 aliphatic carbocycles. The average Bonchev–Trinajstić information content (AvgIpc) is 3.26. The standard InChI is InChI=1S/C21H17ClFN3OS/c22-16-5-1-14(2-6-16)9-10-24-20(27)11-18-13-28-21-25-19(12-26(18)21)15-3-7-17(23)8-4-15/h1-8,12-13H,9-11H2,(H,24,27). The minimum atomic E-state index is -0.277. The lowest BCUT2D eigenvalue weighted by atomic mass is 10.1. The van der Waals surface area contributed by atoms with Crippen molar-refractivity contribution in [2.45, 2.75) is 12.8 Å². The summed E-state index contributed by atoms with van der Waals surface area (Å²) in [6, 6.07) is 13.8. The second kappa shape index (κ2) is 8.12. The van der Waals surface area contributed by atoms with E-state index in [0.29, 0.717) is 11.6 Å². The summed E-state index contributed by atoms with van der Waals surface area (Å²) in [5, 5.41) is 5.59. The molecule has 142 valence electrons. The van der Waals surface area contributed by atoms with Gasteiger partial charge in [0.25, 0.3) is 0 Å². The number of thiazole rings is 1. The number of hydrogen-bond acceptors (Lipinski definition) is 3. The number of carbonyl (C=O) groups is 1. The van der Waals surface area contributed by atoms with Gasteiger partial charge < -0.3 is 5.32 Å². The molecule has 7 heteroatoms. The zero-order valence-corrected chi connectivity index (χ0v) is 16.4. The van der Waals surface area contributed by atoms with E-state index in [1.54, 1.807) is 12.1 Å². The first-order valence-electron chi connectivity index (χ1n) is 8.81. The Morgan fingerprint density at radius 2 is 1.89 bits per heavy atom. The highest BCUT2D eigenvalue weighted by Gasteiger charge is 2.12. The van der Waals surface area contributed by atoms with Crippen molar-refractivity contribution in [1.82, 2.24) is 14.7 Å². The van der Waals surface area contributed by atoms with E-state index in [1.807, 2.05) is 40.2 Å². The minimum Gasteiger partial charge on any atom is -0.355 e. The summed E-state index contributed by atoms with van der Waals surface area (Å²) in [5.74, 6) is -0.313. The summed E-state index contributed by atoms with van der Waals surface area (Å²) in [6.45, 7) is 0.568. The Labute approximate surface area is 170 Å². The Balaban J connectivity index is 1.39. The molecule has 0 aliphatic rings. The lowest BCUT2D eigenvalue weighted by molar-refractivity contribution is -0.120. The maximum atomic E-state index is 13.1. The van der Waals surface area contributed by atoms with Gasteiger partial charge in [-0.1, -0.05) is 23.7 Å². The predicted molar refractivity (Wildman–Crippen MR) is 110 cm³/mol. The van der Waals surface area contributed by atoms with Crippen molar-refractivity contribution in [3.8, 4) is 11.3 Å². The van der Waals surface area contributed by atoms with Crippen LogP contribution in [0.25, 0.3) is 16.2 Å². The number of carbonyl (C=O) groups excluding carboxylic acids is 1. The van der Waals surface area contributed by atoms with Gasteiger partial charge in [-0.2, -0.15) is 0 Å². The Kier molecular flexibility index (Phi) is 5.41. The van der Waals surface area contributed by atoms with Crippen LogP contribution in [-0.4, -0.2) is 21.8 Å². The summed E-state index contributed by atoms with van der Waals surface area (Å²) < 4.78 is 15.0. The van der Waals surface area contributed by atoms with Gasteiger partial charge in [0.1, 0.15) is 5.82 Å². The SMILES string of the molecule is O=C(Cc1csc2nc(-c3ccc(F)cc3)cn12)NCCc1ccc(Cl)cc1. The Morgan fingerprint density at radius 3 is 2.64 bits per heavy atom. The molecule has 1 N–H and O–H groups in total. The molecule has 0 fully saturated rings. The minimum absolute atomic E-state index is 0.0364. The zero-order chi connectivity index (χ0) is 19.5. The number of aromatic nitrogens is 2. The van der Waals surface area contributed by atoms with E-state index in [9.17, 15) is 9.18 Å². The van der Waals surface area contributed by atoms with Crippen LogP contribution in [0.5, 0.6) is 0 Å². The average molecular weight is 414 g/mol. The molecule has 0 atom stereocenters. The van der Waals surface area contributed by atoms with E-state index >= 15 is 0 Å². The number of rotatable bonds is 6. The van der Waals surface area contributed by atoms with E-state index < -0.39 is 0 Å². The van der Waals surface area contributed by atoms with Crippen LogP contribution in [0.3, 0.4) is 0 Å². The van der Waals surface area contributed by atoms with Crippen LogP contribution in [0.4, 0.5) is 4.39 Å². The van der Waals surface area contributed by atoms with Crippen LogP contribution in [0.1, 0.15) is 11.3 Å². The highest BCUT2D eigenvalue weighted by atomic mass is 35.5. The van der Waals surface area contributed by atoms with E-state index in [2.05, 4.69) is 10.3 Å². The van der Waals surface area contributed by atoms with Crippen molar-refractivity contribution >= 4 is 33.8 Å². The lowest BCUT2D eigenvalue weighted by Gasteiger charge is -2.05. The highest BCUT2D eigenvalue weighted by Crippen LogP contribution is 2.24. The molecule has 4 nitrogen and oxygen atoms in total. The van der Waals surface area contributed by atoms with Crippen molar-refractivity contribution in [3.63, 3.8) is 0 Å². The molecule has 0 aliphatic heterocycles. The van der Waals surface area contributed by atoms with Gasteiger partial charge in [-0.25, -0.2) is 9.37 Å². The van der Waals surface area contributed by atoms with Crippen LogP contribution in [0, 0.1) is 5.82 Å². The molecule has 0 bridgehead atoms. The van der Waals surface area contributed by atoms with Gasteiger partial charge in [0.15, 0.2) is 4.96 Å². The van der Waals surface area contributed by atoms with Crippen molar-refractivity contribution in [1.29, 1.82) is 0 Å². The molecule has 2 heterocycles. The van der Waals surface area contributed by atoms with Crippen molar-refractivity contribution < 1.29 is 9.18 Å². The van der Waals surface area contributed by atoms with E-state index in [1.165, 1.54) is 23.5 Å². The summed E-state index contributed by atoms with van der Waals surface area (Å²) in [4.78, 5) is 17.7. The Bertz CT molecular complexity index is 1100. The highest BCUT2D eigenvalue weighted by molar-refractivity contribution is 7.15. The molecule has 0 unspecified atom stereocenters. The number of amides is 1. The molecular weight excluding hydrogens is 397 g/mol. The van der Waals surface area contributed by atoms with Crippen LogP contribution in [0.15, 0.2) is 60.1 Å². The summed E-state index contributed by atoms with van der Waals surface area (Å²) in [6.07, 6.45) is 2.91. The van der Waals surface area contributed by atoms with Gasteiger partial charge >= 0.3 is 0 Å². The number of nitrogens with one attached hydrogen (secondary N) is 1. The first-order chi connectivity index (χ1) is 13.6. The summed E-state index contributed by atoms with van der Waals surface area (Å²) in [7, 11) is 0. The first-order valence-corrected chi connectivity index (χ1v) is 10.1. The fourth-order valence-corrected chi connectivity index (χ4v) is 3.94.